The van der Waals surface area contributed by atoms with Crippen molar-refractivity contribution in [3.63, 3.8) is 0 Å². The highest BCUT2D eigenvalue weighted by Crippen LogP contribution is 2.18. The van der Waals surface area contributed by atoms with Crippen molar-refractivity contribution in [3.8, 4) is 0 Å². The van der Waals surface area contributed by atoms with Gasteiger partial charge in [-0.05, 0) is 6.54 Å². The van der Waals surface area contributed by atoms with Crippen LogP contribution in [0.2, 0.25) is 0 Å². The summed E-state index contributed by atoms with van der Waals surface area (Å²) in [4.78, 5) is 16.5. The number of ether oxygens (including phenoxy) is 1. The van der Waals surface area contributed by atoms with Crippen LogP contribution in [0, 0.1) is 0 Å². The Morgan fingerprint density at radius 1 is 1.67 bits per heavy atom. The molecule has 0 bridgehead atoms. The Balaban J connectivity index is 2.06. The number of morpholine rings is 1. The number of likely N-dealkylation sites (N-methyl/N-ethyl adjacent to an activating group) is 1. The summed E-state index contributed by atoms with van der Waals surface area (Å²) in [6.45, 7) is 5.39. The quantitative estimate of drug-likeness (QED) is 0.669. The van der Waals surface area contributed by atoms with Crippen LogP contribution in [0.3, 0.4) is 0 Å². The molecule has 0 N–H and O–H groups in total. The molecule has 1 aromatic heterocycles. The average Bonchev–Trinajstić information content (AvgIpc) is 2.78. The fourth-order valence-corrected chi connectivity index (χ4v) is 1.57. The van der Waals surface area contributed by atoms with Crippen molar-refractivity contribution in [2.75, 3.05) is 26.2 Å². The lowest BCUT2D eigenvalue weighted by molar-refractivity contribution is -0.0334. The summed E-state index contributed by atoms with van der Waals surface area (Å²) in [5.41, 5.74) is 0. The van der Waals surface area contributed by atoms with E-state index in [1.807, 2.05) is 0 Å². The number of rotatable bonds is 3. The molecule has 0 spiro atoms. The van der Waals surface area contributed by atoms with Gasteiger partial charge in [-0.1, -0.05) is 12.1 Å². The number of aldehydes is 1. The van der Waals surface area contributed by atoms with Crippen molar-refractivity contribution in [1.29, 1.82) is 0 Å². The number of carbonyl (C=O) groups excluding carboxylic acids is 1. The minimum Gasteiger partial charge on any atom is -0.367 e. The smallest absolute Gasteiger partial charge is 0.290 e. The van der Waals surface area contributed by atoms with Crippen LogP contribution in [0.15, 0.2) is 4.52 Å². The minimum atomic E-state index is -0.184. The predicted molar refractivity (Wildman–Crippen MR) is 50.5 cm³/mol. The van der Waals surface area contributed by atoms with Crippen LogP contribution in [0.1, 0.15) is 29.5 Å². The maximum absolute atomic E-state index is 10.4. The van der Waals surface area contributed by atoms with Crippen LogP contribution in [0.25, 0.3) is 0 Å². The van der Waals surface area contributed by atoms with Gasteiger partial charge in [0.2, 0.25) is 12.1 Å². The fraction of sp³-hybridized carbons (Fsp3) is 0.667. The van der Waals surface area contributed by atoms with Crippen LogP contribution in [-0.4, -0.2) is 47.6 Å². The molecule has 1 fully saturated rings. The van der Waals surface area contributed by atoms with Crippen molar-refractivity contribution < 1.29 is 14.1 Å². The van der Waals surface area contributed by atoms with E-state index in [9.17, 15) is 4.79 Å². The Morgan fingerprint density at radius 3 is 3.20 bits per heavy atom. The molecule has 1 atom stereocenters. The number of nitrogens with zero attached hydrogens (tertiary/aromatic N) is 3. The molecule has 15 heavy (non-hydrogen) atoms. The predicted octanol–water partition coefficient (Wildman–Crippen LogP) is 0.275. The Morgan fingerprint density at radius 2 is 2.53 bits per heavy atom. The standard InChI is InChI=1S/C9H13N3O3/c1-2-12-3-4-14-7(5-12)9-10-8(6-13)15-11-9/h6-7H,2-5H2,1H3. The summed E-state index contributed by atoms with van der Waals surface area (Å²) < 4.78 is 10.2. The lowest BCUT2D eigenvalue weighted by atomic mass is 10.2. The third-order valence-corrected chi connectivity index (χ3v) is 2.44. The van der Waals surface area contributed by atoms with Gasteiger partial charge in [0.1, 0.15) is 6.10 Å². The van der Waals surface area contributed by atoms with Crippen LogP contribution in [0.5, 0.6) is 0 Å². The van der Waals surface area contributed by atoms with Crippen LogP contribution in [0.4, 0.5) is 0 Å². The van der Waals surface area contributed by atoms with E-state index in [0.717, 1.165) is 19.6 Å². The minimum absolute atomic E-state index is 0.00206. The zero-order valence-corrected chi connectivity index (χ0v) is 8.55. The van der Waals surface area contributed by atoms with Crippen LogP contribution >= 0.6 is 0 Å². The van der Waals surface area contributed by atoms with Gasteiger partial charge in [-0.2, -0.15) is 4.98 Å². The lowest BCUT2D eigenvalue weighted by Crippen LogP contribution is -2.38. The van der Waals surface area contributed by atoms with E-state index in [1.165, 1.54) is 0 Å². The van der Waals surface area contributed by atoms with Gasteiger partial charge in [-0.25, -0.2) is 0 Å². The molecule has 1 aromatic rings. The zero-order valence-electron chi connectivity index (χ0n) is 8.55. The molecular weight excluding hydrogens is 198 g/mol. The second-order valence-electron chi connectivity index (χ2n) is 3.36. The number of hydrogen-bond donors (Lipinski definition) is 0. The first-order valence-corrected chi connectivity index (χ1v) is 4.96. The van der Waals surface area contributed by atoms with Crippen molar-refractivity contribution in [3.05, 3.63) is 11.7 Å². The third kappa shape index (κ3) is 2.21. The van der Waals surface area contributed by atoms with E-state index in [-0.39, 0.29) is 12.0 Å². The van der Waals surface area contributed by atoms with Gasteiger partial charge >= 0.3 is 0 Å². The number of aromatic nitrogens is 2. The molecule has 1 aliphatic heterocycles. The summed E-state index contributed by atoms with van der Waals surface area (Å²) in [7, 11) is 0. The molecule has 1 unspecified atom stereocenters. The first-order valence-electron chi connectivity index (χ1n) is 4.96. The van der Waals surface area contributed by atoms with Gasteiger partial charge in [0.05, 0.1) is 6.61 Å². The van der Waals surface area contributed by atoms with Crippen LogP contribution < -0.4 is 0 Å². The van der Waals surface area contributed by atoms with Gasteiger partial charge in [0.15, 0.2) is 0 Å². The topological polar surface area (TPSA) is 68.5 Å². The van der Waals surface area contributed by atoms with E-state index in [4.69, 9.17) is 9.26 Å². The van der Waals surface area contributed by atoms with Crippen molar-refractivity contribution in [2.45, 2.75) is 13.0 Å². The van der Waals surface area contributed by atoms with Crippen molar-refractivity contribution >= 4 is 6.29 Å². The fourth-order valence-electron chi connectivity index (χ4n) is 1.57. The lowest BCUT2D eigenvalue weighted by Gasteiger charge is -2.30. The van der Waals surface area contributed by atoms with Crippen molar-refractivity contribution in [2.24, 2.45) is 0 Å². The molecule has 0 aromatic carbocycles. The Hall–Kier alpha value is -1.27. The van der Waals surface area contributed by atoms with E-state index in [1.54, 1.807) is 0 Å². The second kappa shape index (κ2) is 4.50. The summed E-state index contributed by atoms with van der Waals surface area (Å²) in [6, 6.07) is 0. The molecule has 0 aliphatic carbocycles. The zero-order chi connectivity index (χ0) is 10.7. The molecular formula is C9H13N3O3. The highest BCUT2D eigenvalue weighted by molar-refractivity contribution is 5.66. The molecule has 1 aliphatic rings. The first kappa shape index (κ1) is 10.3. The molecule has 6 heteroatoms. The highest BCUT2D eigenvalue weighted by atomic mass is 16.5. The molecule has 6 nitrogen and oxygen atoms in total. The Labute approximate surface area is 87.2 Å². The van der Waals surface area contributed by atoms with Crippen LogP contribution in [-0.2, 0) is 4.74 Å². The number of hydrogen-bond acceptors (Lipinski definition) is 6. The maximum Gasteiger partial charge on any atom is 0.290 e. The summed E-state index contributed by atoms with van der Waals surface area (Å²) in [5, 5.41) is 3.71. The summed E-state index contributed by atoms with van der Waals surface area (Å²) in [6.07, 6.45) is 0.354. The summed E-state index contributed by atoms with van der Waals surface area (Å²) in [5.74, 6) is 0.456. The monoisotopic (exact) mass is 211 g/mol. The molecule has 2 rings (SSSR count). The Kier molecular flexibility index (Phi) is 3.08. The van der Waals surface area contributed by atoms with Gasteiger partial charge in [-0.3, -0.25) is 9.69 Å². The SMILES string of the molecule is CCN1CCOC(c2noc(C=O)n2)C1. The van der Waals surface area contributed by atoms with Gasteiger partial charge in [-0.15, -0.1) is 0 Å². The third-order valence-electron chi connectivity index (χ3n) is 2.44. The molecule has 2 heterocycles. The van der Waals surface area contributed by atoms with Gasteiger partial charge in [0, 0.05) is 13.1 Å². The summed E-state index contributed by atoms with van der Waals surface area (Å²) >= 11 is 0. The van der Waals surface area contributed by atoms with Gasteiger partial charge < -0.3 is 9.26 Å². The maximum atomic E-state index is 10.4. The molecule has 0 saturated carbocycles. The van der Waals surface area contributed by atoms with E-state index >= 15 is 0 Å². The average molecular weight is 211 g/mol. The molecule has 0 amide bonds. The first-order chi connectivity index (χ1) is 7.33. The normalized spacial score (nSPS) is 22.9. The van der Waals surface area contributed by atoms with Crippen molar-refractivity contribution in [1.82, 2.24) is 15.0 Å². The molecule has 1 saturated heterocycles. The van der Waals surface area contributed by atoms with E-state index < -0.39 is 0 Å². The number of carbonyl (C=O) groups is 1. The van der Waals surface area contributed by atoms with E-state index in [0.29, 0.717) is 18.7 Å². The van der Waals surface area contributed by atoms with Gasteiger partial charge in [0.25, 0.3) is 5.89 Å². The molecule has 0 radical (unpaired) electrons. The largest absolute Gasteiger partial charge is 0.367 e. The molecule has 82 valence electrons. The second-order valence-corrected chi connectivity index (χ2v) is 3.36. The Bertz CT molecular complexity index is 339. The van der Waals surface area contributed by atoms with E-state index in [2.05, 4.69) is 22.0 Å². The highest BCUT2D eigenvalue weighted by Gasteiger charge is 2.25.